The largest absolute Gasteiger partial charge is 0.208 e. The van der Waals surface area contributed by atoms with Gasteiger partial charge >= 0.3 is 0 Å². The predicted octanol–water partition coefficient (Wildman–Crippen LogP) is 24.4. The number of fused-ring (bicyclic) bond motifs is 6. The number of hydrogen-bond donors (Lipinski definition) is 0. The molecule has 0 aliphatic heterocycles. The van der Waals surface area contributed by atoms with Crippen molar-refractivity contribution in [2.24, 2.45) is 0 Å². The van der Waals surface area contributed by atoms with E-state index < -0.39 is 0 Å². The maximum atomic E-state index is 5.08. The Kier molecular flexibility index (Phi) is 16.2. The fourth-order valence-corrected chi connectivity index (χ4v) is 14.7. The summed E-state index contributed by atoms with van der Waals surface area (Å²) < 4.78 is 0. The van der Waals surface area contributed by atoms with Gasteiger partial charge in [0.1, 0.15) is 0 Å². The summed E-state index contributed by atoms with van der Waals surface area (Å²) >= 11 is 0. The van der Waals surface area contributed by atoms with Gasteiger partial charge in [-0.3, -0.25) is 0 Å². The molecule has 6 heteroatoms. The molecule has 0 atom stereocenters. The van der Waals surface area contributed by atoms with Crippen LogP contribution in [0.5, 0.6) is 0 Å². The van der Waals surface area contributed by atoms with Gasteiger partial charge in [0.25, 0.3) is 0 Å². The highest BCUT2D eigenvalue weighted by molar-refractivity contribution is 5.86. The molecule has 2 aliphatic carbocycles. The number of hydrogen-bond acceptors (Lipinski definition) is 6. The standard InChI is InChI=1S/2C48H35N3/c1-48(2)43-22-10-9-21-41(43)42-28-27-38(31-44(42)48)34-23-25-35(26-24-34)45-49-46(39-19-11-17-36(29-39)32-13-5-3-6-14-32)51-47(50-45)40-20-12-18-37(30-40)33-15-7-4-8-16-33;1-48(2)43-16-10-9-15-41(43)42-30-29-40(31-44(42)48)36-21-27-39(28-22-36)47-50-45(37-23-17-34(18-24-37)32-11-5-3-6-12-32)49-46(51-47)38-25-19-35(20-26-38)33-13-7-4-8-14-33/h2*3-31H,1-2H3. The van der Waals surface area contributed by atoms with Crippen LogP contribution in [0.25, 0.3) is 157 Å². The summed E-state index contributed by atoms with van der Waals surface area (Å²) in [6.45, 7) is 9.30. The molecule has 0 N–H and O–H groups in total. The molecule has 0 saturated carbocycles. The third kappa shape index (κ3) is 12.1. The van der Waals surface area contributed by atoms with E-state index in [1.165, 1.54) is 66.8 Å². The van der Waals surface area contributed by atoms with Gasteiger partial charge in [-0.05, 0) is 136 Å². The van der Waals surface area contributed by atoms with Crippen molar-refractivity contribution in [2.45, 2.75) is 38.5 Å². The van der Waals surface area contributed by atoms with Crippen molar-refractivity contribution in [3.05, 3.63) is 374 Å². The lowest BCUT2D eigenvalue weighted by Crippen LogP contribution is -2.14. The van der Waals surface area contributed by atoms with E-state index in [2.05, 4.69) is 355 Å². The van der Waals surface area contributed by atoms with Gasteiger partial charge in [0.2, 0.25) is 0 Å². The van der Waals surface area contributed by atoms with E-state index in [1.807, 2.05) is 24.3 Å². The average Bonchev–Trinajstić information content (AvgIpc) is 1.58. The van der Waals surface area contributed by atoms with E-state index in [-0.39, 0.29) is 10.8 Å². The third-order valence-electron chi connectivity index (χ3n) is 20.3. The summed E-state index contributed by atoms with van der Waals surface area (Å²) in [5.41, 5.74) is 30.3. The molecule has 6 nitrogen and oxygen atoms in total. The van der Waals surface area contributed by atoms with Crippen molar-refractivity contribution in [3.63, 3.8) is 0 Å². The van der Waals surface area contributed by atoms with Crippen molar-refractivity contribution >= 4 is 0 Å². The van der Waals surface area contributed by atoms with Crippen molar-refractivity contribution in [1.29, 1.82) is 0 Å². The monoisotopic (exact) mass is 1310 g/mol. The number of nitrogens with zero attached hydrogens (tertiary/aromatic N) is 6. The zero-order chi connectivity index (χ0) is 68.7. The molecule has 0 radical (unpaired) electrons. The maximum absolute atomic E-state index is 5.08. The molecule has 0 bridgehead atoms. The summed E-state index contributed by atoms with van der Waals surface area (Å²) in [6, 6.07) is 124. The molecular formula is C96H70N6. The molecule has 18 rings (SSSR count). The Morgan fingerprint density at radius 2 is 0.343 bits per heavy atom. The first kappa shape index (κ1) is 62.6. The fraction of sp³-hybridized carbons (Fsp3) is 0.0625. The van der Waals surface area contributed by atoms with Crippen LogP contribution in [0.2, 0.25) is 0 Å². The Hall–Kier alpha value is -12.9. The highest BCUT2D eigenvalue weighted by Gasteiger charge is 2.37. The highest BCUT2D eigenvalue weighted by atomic mass is 15.0. The first-order chi connectivity index (χ1) is 50.0. The van der Waals surface area contributed by atoms with E-state index in [0.717, 1.165) is 77.9 Å². The van der Waals surface area contributed by atoms with Gasteiger partial charge in [0.05, 0.1) is 0 Å². The molecule has 2 heterocycles. The number of rotatable bonds is 12. The molecule has 0 amide bonds. The molecular weight excluding hydrogens is 1240 g/mol. The smallest absolute Gasteiger partial charge is 0.164 e. The van der Waals surface area contributed by atoms with E-state index in [4.69, 9.17) is 29.9 Å². The van der Waals surface area contributed by atoms with Crippen LogP contribution >= 0.6 is 0 Å². The predicted molar refractivity (Wildman–Crippen MR) is 420 cm³/mol. The van der Waals surface area contributed by atoms with E-state index in [0.29, 0.717) is 34.9 Å². The van der Waals surface area contributed by atoms with Crippen molar-refractivity contribution in [2.75, 3.05) is 0 Å². The first-order valence-electron chi connectivity index (χ1n) is 34.9. The quantitative estimate of drug-likeness (QED) is 0.121. The molecule has 0 saturated heterocycles. The molecule has 2 aliphatic rings. The lowest BCUT2D eigenvalue weighted by molar-refractivity contribution is 0.660. The average molecular weight is 1310 g/mol. The minimum absolute atomic E-state index is 0.0435. The van der Waals surface area contributed by atoms with Crippen LogP contribution in [0, 0.1) is 0 Å². The van der Waals surface area contributed by atoms with Crippen LogP contribution in [-0.2, 0) is 10.8 Å². The van der Waals surface area contributed by atoms with Crippen LogP contribution < -0.4 is 0 Å². The number of benzene rings is 14. The summed E-state index contributed by atoms with van der Waals surface area (Å²) in [4.78, 5) is 30.3. The lowest BCUT2D eigenvalue weighted by atomic mass is 9.81. The molecule has 0 unspecified atom stereocenters. The van der Waals surface area contributed by atoms with Crippen LogP contribution in [0.4, 0.5) is 0 Å². The maximum Gasteiger partial charge on any atom is 0.164 e. The van der Waals surface area contributed by atoms with Crippen LogP contribution in [-0.4, -0.2) is 29.9 Å². The molecule has 0 fully saturated rings. The lowest BCUT2D eigenvalue weighted by Gasteiger charge is -2.22. The second-order valence-electron chi connectivity index (χ2n) is 27.4. The Labute approximate surface area is 596 Å². The van der Waals surface area contributed by atoms with Gasteiger partial charge in [-0.25, -0.2) is 29.9 Å². The molecule has 102 heavy (non-hydrogen) atoms. The molecule has 2 aromatic heterocycles. The fourth-order valence-electron chi connectivity index (χ4n) is 14.7. The van der Waals surface area contributed by atoms with Crippen LogP contribution in [0.3, 0.4) is 0 Å². The summed E-state index contributed by atoms with van der Waals surface area (Å²) in [5, 5.41) is 0. The van der Waals surface area contributed by atoms with Crippen LogP contribution in [0.15, 0.2) is 352 Å². The minimum atomic E-state index is -0.0464. The zero-order valence-corrected chi connectivity index (χ0v) is 57.2. The highest BCUT2D eigenvalue weighted by Crippen LogP contribution is 2.51. The SMILES string of the molecule is CC1(C)c2ccccc2-c2ccc(-c3ccc(-c4nc(-c5ccc(-c6ccccc6)cc5)nc(-c5ccc(-c6ccccc6)cc5)n4)cc3)cc21.CC1(C)c2ccccc2-c2ccc(-c3ccc(-c4nc(-c5cccc(-c6ccccc6)c5)nc(-c5cccc(-c6ccccc6)c5)n4)cc3)cc21. The van der Waals surface area contributed by atoms with Crippen LogP contribution in [0.1, 0.15) is 49.9 Å². The summed E-state index contributed by atoms with van der Waals surface area (Å²) in [7, 11) is 0. The van der Waals surface area contributed by atoms with Gasteiger partial charge in [0, 0.05) is 44.2 Å². The van der Waals surface area contributed by atoms with Crippen molar-refractivity contribution in [1.82, 2.24) is 29.9 Å². The Balaban J connectivity index is 0.000000152. The molecule has 484 valence electrons. The van der Waals surface area contributed by atoms with Gasteiger partial charge in [-0.1, -0.05) is 355 Å². The van der Waals surface area contributed by atoms with Gasteiger partial charge in [-0.2, -0.15) is 0 Å². The van der Waals surface area contributed by atoms with Gasteiger partial charge in [0.15, 0.2) is 34.9 Å². The normalized spacial score (nSPS) is 12.7. The van der Waals surface area contributed by atoms with E-state index >= 15 is 0 Å². The van der Waals surface area contributed by atoms with E-state index in [1.54, 1.807) is 0 Å². The Morgan fingerprint density at radius 3 is 0.657 bits per heavy atom. The van der Waals surface area contributed by atoms with Crippen molar-refractivity contribution < 1.29 is 0 Å². The molecule has 16 aromatic rings. The first-order valence-corrected chi connectivity index (χ1v) is 34.9. The molecule has 14 aromatic carbocycles. The minimum Gasteiger partial charge on any atom is -0.208 e. The molecule has 0 spiro atoms. The second kappa shape index (κ2) is 26.4. The topological polar surface area (TPSA) is 77.3 Å². The van der Waals surface area contributed by atoms with Gasteiger partial charge in [-0.15, -0.1) is 0 Å². The Morgan fingerprint density at radius 1 is 0.147 bits per heavy atom. The zero-order valence-electron chi connectivity index (χ0n) is 57.2. The Bertz CT molecular complexity index is 5550. The third-order valence-corrected chi connectivity index (χ3v) is 20.3. The van der Waals surface area contributed by atoms with Gasteiger partial charge < -0.3 is 0 Å². The van der Waals surface area contributed by atoms with Crippen molar-refractivity contribution in [3.8, 4) is 157 Å². The van der Waals surface area contributed by atoms with E-state index in [9.17, 15) is 0 Å². The summed E-state index contributed by atoms with van der Waals surface area (Å²) in [6.07, 6.45) is 0. The number of aromatic nitrogens is 6. The second-order valence-corrected chi connectivity index (χ2v) is 27.4. The summed E-state index contributed by atoms with van der Waals surface area (Å²) in [5.74, 6) is 3.86.